The molecule has 3 aromatic heterocycles. The van der Waals surface area contributed by atoms with Gasteiger partial charge in [0.1, 0.15) is 23.8 Å². The van der Waals surface area contributed by atoms with Gasteiger partial charge in [0.2, 0.25) is 0 Å². The second-order valence-corrected chi connectivity index (χ2v) is 7.93. The molecule has 4 rings (SSSR count). The van der Waals surface area contributed by atoms with E-state index in [2.05, 4.69) is 31.9 Å². The number of ether oxygens (including phenoxy) is 1. The van der Waals surface area contributed by atoms with Crippen LogP contribution in [0.1, 0.15) is 35.3 Å². The first kappa shape index (κ1) is 23.7. The minimum absolute atomic E-state index is 0.148. The molecule has 0 unspecified atom stereocenters. The van der Waals surface area contributed by atoms with Crippen molar-refractivity contribution in [2.24, 2.45) is 5.16 Å². The Balaban J connectivity index is 1.40. The Labute approximate surface area is 205 Å². The van der Waals surface area contributed by atoms with Crippen molar-refractivity contribution >= 4 is 5.71 Å². The van der Waals surface area contributed by atoms with Crippen molar-refractivity contribution in [2.45, 2.75) is 27.4 Å². The highest BCUT2D eigenvalue weighted by molar-refractivity contribution is 5.96. The van der Waals surface area contributed by atoms with E-state index in [1.54, 1.807) is 0 Å². The zero-order chi connectivity index (χ0) is 24.5. The average molecular weight is 463 g/mol. The summed E-state index contributed by atoms with van der Waals surface area (Å²) in [6.07, 6.45) is 0. The van der Waals surface area contributed by atoms with E-state index in [9.17, 15) is 0 Å². The largest absolute Gasteiger partial charge is 0.489 e. The van der Waals surface area contributed by atoms with E-state index >= 15 is 0 Å². The summed E-state index contributed by atoms with van der Waals surface area (Å²) in [7, 11) is 0. The first-order valence-electron chi connectivity index (χ1n) is 11.3. The van der Waals surface area contributed by atoms with Crippen molar-refractivity contribution < 1.29 is 9.57 Å². The lowest BCUT2D eigenvalue weighted by molar-refractivity contribution is 0.179. The van der Waals surface area contributed by atoms with Crippen molar-refractivity contribution in [3.05, 3.63) is 107 Å². The molecule has 0 fully saturated rings. The van der Waals surface area contributed by atoms with Crippen LogP contribution in [0.2, 0.25) is 0 Å². The van der Waals surface area contributed by atoms with Gasteiger partial charge >= 0.3 is 0 Å². The number of benzene rings is 1. The summed E-state index contributed by atoms with van der Waals surface area (Å²) in [4.78, 5) is 19.0. The van der Waals surface area contributed by atoms with E-state index in [0.29, 0.717) is 18.0 Å². The van der Waals surface area contributed by atoms with Crippen LogP contribution in [0.15, 0.2) is 84.0 Å². The quantitative estimate of drug-likeness (QED) is 0.156. The third-order valence-corrected chi connectivity index (χ3v) is 5.00. The number of hydrogen-bond acceptors (Lipinski definition) is 6. The molecule has 0 radical (unpaired) electrons. The van der Waals surface area contributed by atoms with Gasteiger partial charge < -0.3 is 9.57 Å². The van der Waals surface area contributed by atoms with E-state index in [1.807, 2.05) is 99.6 Å². The molecule has 0 aliphatic heterocycles. The molecule has 0 saturated heterocycles. The van der Waals surface area contributed by atoms with Gasteiger partial charge in [-0.05, 0) is 56.5 Å². The summed E-state index contributed by atoms with van der Waals surface area (Å²) in [5.41, 5.74) is 6.47. The SMILES string of the molecule is C/C(=N\OCC#Cc1cccc(-c2cc(OCc3ccccc3)cc(C)n2)n1)c1cccc(C)n1. The molecule has 0 amide bonds. The summed E-state index contributed by atoms with van der Waals surface area (Å²) in [6.45, 7) is 6.37. The van der Waals surface area contributed by atoms with Gasteiger partial charge in [-0.15, -0.1) is 0 Å². The maximum absolute atomic E-state index is 5.99. The molecule has 6 heteroatoms. The molecule has 4 aromatic rings. The maximum Gasteiger partial charge on any atom is 0.177 e. The minimum atomic E-state index is 0.148. The highest BCUT2D eigenvalue weighted by atomic mass is 16.6. The zero-order valence-corrected chi connectivity index (χ0v) is 20.0. The van der Waals surface area contributed by atoms with Crippen molar-refractivity contribution in [1.82, 2.24) is 15.0 Å². The van der Waals surface area contributed by atoms with E-state index in [4.69, 9.17) is 9.57 Å². The van der Waals surface area contributed by atoms with Crippen LogP contribution < -0.4 is 4.74 Å². The van der Waals surface area contributed by atoms with Gasteiger partial charge in [0, 0.05) is 23.5 Å². The van der Waals surface area contributed by atoms with Crippen LogP contribution in [0.5, 0.6) is 5.75 Å². The predicted octanol–water partition coefficient (Wildman–Crippen LogP) is 5.53. The fraction of sp³-hybridized carbons (Fsp3) is 0.172. The molecule has 1 aromatic carbocycles. The Hall–Kier alpha value is -4.50. The van der Waals surface area contributed by atoms with Gasteiger partial charge in [0.05, 0.1) is 17.1 Å². The molecule has 0 aliphatic carbocycles. The standard InChI is InChI=1S/C29H26N4O2/c1-21-10-7-15-27(30-21)23(3)33-35-17-9-14-25-13-8-16-28(32-25)29-19-26(18-22(2)31-29)34-20-24-11-5-4-6-12-24/h4-8,10-13,15-16,18-19H,17,20H2,1-3H3/b33-23+. The molecular weight excluding hydrogens is 436 g/mol. The van der Waals surface area contributed by atoms with E-state index in [-0.39, 0.29) is 6.61 Å². The van der Waals surface area contributed by atoms with Crippen LogP contribution in [0, 0.1) is 25.7 Å². The van der Waals surface area contributed by atoms with Crippen LogP contribution in [0.25, 0.3) is 11.4 Å². The van der Waals surface area contributed by atoms with E-state index in [0.717, 1.165) is 39.8 Å². The van der Waals surface area contributed by atoms with Gasteiger partial charge in [-0.25, -0.2) is 4.98 Å². The lowest BCUT2D eigenvalue weighted by Gasteiger charge is -2.09. The topological polar surface area (TPSA) is 69.5 Å². The van der Waals surface area contributed by atoms with Gasteiger partial charge in [-0.1, -0.05) is 53.5 Å². The Morgan fingerprint density at radius 3 is 2.49 bits per heavy atom. The maximum atomic E-state index is 5.99. The predicted molar refractivity (Wildman–Crippen MR) is 137 cm³/mol. The number of aromatic nitrogens is 3. The number of aryl methyl sites for hydroxylation is 2. The lowest BCUT2D eigenvalue weighted by atomic mass is 10.2. The normalized spacial score (nSPS) is 10.9. The Bertz CT molecular complexity index is 1390. The van der Waals surface area contributed by atoms with Gasteiger partial charge in [-0.3, -0.25) is 9.97 Å². The van der Waals surface area contributed by atoms with Crippen LogP contribution in [0.4, 0.5) is 0 Å². The first-order valence-corrected chi connectivity index (χ1v) is 11.3. The lowest BCUT2D eigenvalue weighted by Crippen LogP contribution is -2.00. The number of oxime groups is 1. The summed E-state index contributed by atoms with van der Waals surface area (Å²) in [5.74, 6) is 6.73. The van der Waals surface area contributed by atoms with Gasteiger partial charge in [0.25, 0.3) is 0 Å². The Morgan fingerprint density at radius 1 is 0.829 bits per heavy atom. The van der Waals surface area contributed by atoms with Crippen LogP contribution >= 0.6 is 0 Å². The second kappa shape index (κ2) is 11.6. The highest BCUT2D eigenvalue weighted by Crippen LogP contribution is 2.22. The molecule has 0 spiro atoms. The molecule has 0 atom stereocenters. The summed E-state index contributed by atoms with van der Waals surface area (Å²) < 4.78 is 5.99. The van der Waals surface area contributed by atoms with Gasteiger partial charge in [-0.2, -0.15) is 0 Å². The van der Waals surface area contributed by atoms with Crippen LogP contribution in [-0.4, -0.2) is 27.3 Å². The summed E-state index contributed by atoms with van der Waals surface area (Å²) in [5, 5.41) is 4.10. The molecular formula is C29H26N4O2. The third-order valence-electron chi connectivity index (χ3n) is 5.00. The number of nitrogens with zero attached hydrogens (tertiary/aromatic N) is 4. The minimum Gasteiger partial charge on any atom is -0.489 e. The van der Waals surface area contributed by atoms with Crippen LogP contribution in [0.3, 0.4) is 0 Å². The monoisotopic (exact) mass is 462 g/mol. The third kappa shape index (κ3) is 6.99. The van der Waals surface area contributed by atoms with Crippen molar-refractivity contribution in [1.29, 1.82) is 0 Å². The molecule has 35 heavy (non-hydrogen) atoms. The first-order chi connectivity index (χ1) is 17.1. The number of pyridine rings is 3. The summed E-state index contributed by atoms with van der Waals surface area (Å²) >= 11 is 0. The second-order valence-electron chi connectivity index (χ2n) is 7.93. The van der Waals surface area contributed by atoms with Crippen molar-refractivity contribution in [2.75, 3.05) is 6.61 Å². The Morgan fingerprint density at radius 2 is 1.66 bits per heavy atom. The smallest absolute Gasteiger partial charge is 0.177 e. The van der Waals surface area contributed by atoms with Crippen LogP contribution in [-0.2, 0) is 11.4 Å². The van der Waals surface area contributed by atoms with Gasteiger partial charge in [0.15, 0.2) is 6.61 Å². The van der Waals surface area contributed by atoms with Crippen molar-refractivity contribution in [3.63, 3.8) is 0 Å². The molecule has 0 N–H and O–H groups in total. The highest BCUT2D eigenvalue weighted by Gasteiger charge is 2.07. The fourth-order valence-corrected chi connectivity index (χ4v) is 3.32. The average Bonchev–Trinajstić information content (AvgIpc) is 2.87. The molecule has 0 bridgehead atoms. The fourth-order valence-electron chi connectivity index (χ4n) is 3.32. The van der Waals surface area contributed by atoms with E-state index < -0.39 is 0 Å². The molecule has 0 aliphatic rings. The number of hydrogen-bond donors (Lipinski definition) is 0. The van der Waals surface area contributed by atoms with Crippen molar-refractivity contribution in [3.8, 4) is 29.0 Å². The Kier molecular flexibility index (Phi) is 7.82. The number of rotatable bonds is 7. The molecule has 174 valence electrons. The van der Waals surface area contributed by atoms with E-state index in [1.165, 1.54) is 0 Å². The summed E-state index contributed by atoms with van der Waals surface area (Å²) in [6, 6.07) is 25.3. The zero-order valence-electron chi connectivity index (χ0n) is 20.0. The molecule has 6 nitrogen and oxygen atoms in total. The molecule has 3 heterocycles. The molecule has 0 saturated carbocycles.